The van der Waals surface area contributed by atoms with Crippen LogP contribution in [0.15, 0.2) is 54.7 Å². The molecule has 0 radical (unpaired) electrons. The summed E-state index contributed by atoms with van der Waals surface area (Å²) in [6.45, 7) is 2.42. The van der Waals surface area contributed by atoms with Crippen LogP contribution in [0.3, 0.4) is 0 Å². The van der Waals surface area contributed by atoms with Crippen molar-refractivity contribution in [1.29, 1.82) is 0 Å². The van der Waals surface area contributed by atoms with Crippen LogP contribution in [0.25, 0.3) is 16.2 Å². The second-order valence-corrected chi connectivity index (χ2v) is 7.37. The first-order valence-electron chi connectivity index (χ1n) is 8.70. The Hall–Kier alpha value is -3.19. The summed E-state index contributed by atoms with van der Waals surface area (Å²) in [6, 6.07) is 13.3. The summed E-state index contributed by atoms with van der Waals surface area (Å²) in [5, 5.41) is 2.94. The third-order valence-electron chi connectivity index (χ3n) is 4.55. The van der Waals surface area contributed by atoms with Gasteiger partial charge in [0.05, 0.1) is 19.3 Å². The van der Waals surface area contributed by atoms with Gasteiger partial charge in [-0.2, -0.15) is 0 Å². The molecule has 7 heteroatoms. The monoisotopic (exact) mass is 395 g/mol. The molecule has 4 aromatic rings. The number of thiazole rings is 1. The molecule has 0 saturated carbocycles. The summed E-state index contributed by atoms with van der Waals surface area (Å²) < 4.78 is 20.2. The number of halogens is 1. The van der Waals surface area contributed by atoms with Crippen LogP contribution in [0.4, 0.5) is 4.39 Å². The number of hydrogen-bond donors (Lipinski definition) is 1. The van der Waals surface area contributed by atoms with Crippen molar-refractivity contribution in [3.05, 3.63) is 76.7 Å². The SMILES string of the molecule is COc1ccc(C(=O)NCc2sc3nc(-c4ccc(F)cc4)cn3c2C)cc1. The number of aryl methyl sites for hydroxylation is 1. The minimum Gasteiger partial charge on any atom is -0.497 e. The molecule has 0 aliphatic heterocycles. The minimum absolute atomic E-state index is 0.139. The second-order valence-electron chi connectivity index (χ2n) is 6.31. The van der Waals surface area contributed by atoms with Gasteiger partial charge in [-0.15, -0.1) is 0 Å². The summed E-state index contributed by atoms with van der Waals surface area (Å²) in [6.07, 6.45) is 1.93. The van der Waals surface area contributed by atoms with Gasteiger partial charge in [0.2, 0.25) is 0 Å². The number of nitrogens with zero attached hydrogens (tertiary/aromatic N) is 2. The lowest BCUT2D eigenvalue weighted by Crippen LogP contribution is -2.22. The standard InChI is InChI=1S/C21H18FN3O2S/c1-13-19(11-23-20(26)15-5-9-17(27-2)10-6-15)28-21-24-18(12-25(13)21)14-3-7-16(22)8-4-14/h3-10,12H,11H2,1-2H3,(H,23,26). The lowest BCUT2D eigenvalue weighted by Gasteiger charge is -2.06. The molecule has 2 heterocycles. The predicted molar refractivity (Wildman–Crippen MR) is 107 cm³/mol. The number of amides is 1. The molecule has 1 amide bonds. The third kappa shape index (κ3) is 3.48. The van der Waals surface area contributed by atoms with Gasteiger partial charge in [-0.3, -0.25) is 9.20 Å². The lowest BCUT2D eigenvalue weighted by atomic mass is 10.2. The number of carbonyl (C=O) groups is 1. The number of aromatic nitrogens is 2. The summed E-state index contributed by atoms with van der Waals surface area (Å²) in [7, 11) is 1.59. The Balaban J connectivity index is 1.49. The smallest absolute Gasteiger partial charge is 0.251 e. The average Bonchev–Trinajstić information content (AvgIpc) is 3.26. The Kier molecular flexibility index (Phi) is 4.83. The van der Waals surface area contributed by atoms with E-state index in [0.29, 0.717) is 17.9 Å². The van der Waals surface area contributed by atoms with Crippen molar-refractivity contribution in [2.75, 3.05) is 7.11 Å². The van der Waals surface area contributed by atoms with Gasteiger partial charge >= 0.3 is 0 Å². The van der Waals surface area contributed by atoms with E-state index in [1.54, 1.807) is 43.5 Å². The summed E-state index contributed by atoms with van der Waals surface area (Å²) in [4.78, 5) is 18.9. The molecule has 0 unspecified atom stereocenters. The van der Waals surface area contributed by atoms with E-state index in [-0.39, 0.29) is 11.7 Å². The maximum absolute atomic E-state index is 13.1. The fourth-order valence-electron chi connectivity index (χ4n) is 2.92. The second kappa shape index (κ2) is 7.44. The molecule has 2 aromatic heterocycles. The highest BCUT2D eigenvalue weighted by Gasteiger charge is 2.14. The Morgan fingerprint density at radius 2 is 1.89 bits per heavy atom. The molecule has 5 nitrogen and oxygen atoms in total. The zero-order chi connectivity index (χ0) is 19.7. The van der Waals surface area contributed by atoms with Crippen molar-refractivity contribution >= 4 is 22.2 Å². The van der Waals surface area contributed by atoms with E-state index in [1.807, 2.05) is 17.5 Å². The Bertz CT molecular complexity index is 1130. The topological polar surface area (TPSA) is 55.6 Å². The quantitative estimate of drug-likeness (QED) is 0.543. The summed E-state index contributed by atoms with van der Waals surface area (Å²) in [5.74, 6) is 0.305. The van der Waals surface area contributed by atoms with Gasteiger partial charge in [0.25, 0.3) is 5.91 Å². The number of carbonyl (C=O) groups excluding carboxylic acids is 1. The van der Waals surface area contributed by atoms with Crippen LogP contribution >= 0.6 is 11.3 Å². The normalized spacial score (nSPS) is 11.0. The average molecular weight is 395 g/mol. The molecule has 0 bridgehead atoms. The number of benzene rings is 2. The molecule has 1 N–H and O–H groups in total. The molecule has 0 fully saturated rings. The molecule has 0 aliphatic rings. The fraction of sp³-hybridized carbons (Fsp3) is 0.143. The van der Waals surface area contributed by atoms with E-state index in [9.17, 15) is 9.18 Å². The Morgan fingerprint density at radius 1 is 1.18 bits per heavy atom. The Labute approximate surface area is 165 Å². The minimum atomic E-state index is -0.268. The molecule has 0 atom stereocenters. The molecule has 2 aromatic carbocycles. The van der Waals surface area contributed by atoms with Crippen LogP contribution in [-0.4, -0.2) is 22.4 Å². The van der Waals surface area contributed by atoms with E-state index >= 15 is 0 Å². The van der Waals surface area contributed by atoms with Crippen molar-refractivity contribution in [1.82, 2.24) is 14.7 Å². The molecule has 0 saturated heterocycles. The molecule has 142 valence electrons. The van der Waals surface area contributed by atoms with Gasteiger partial charge < -0.3 is 10.1 Å². The summed E-state index contributed by atoms with van der Waals surface area (Å²) in [5.41, 5.74) is 3.27. The number of methoxy groups -OCH3 is 1. The molecular weight excluding hydrogens is 377 g/mol. The van der Waals surface area contributed by atoms with Gasteiger partial charge in [-0.05, 0) is 55.5 Å². The van der Waals surface area contributed by atoms with Crippen molar-refractivity contribution in [3.63, 3.8) is 0 Å². The maximum atomic E-state index is 13.1. The molecular formula is C21H18FN3O2S. The first kappa shape index (κ1) is 18.2. The lowest BCUT2D eigenvalue weighted by molar-refractivity contribution is 0.0951. The number of imidazole rings is 1. The van der Waals surface area contributed by atoms with Gasteiger partial charge in [0, 0.05) is 27.9 Å². The van der Waals surface area contributed by atoms with E-state index in [2.05, 4.69) is 10.3 Å². The van der Waals surface area contributed by atoms with Crippen molar-refractivity contribution in [3.8, 4) is 17.0 Å². The predicted octanol–water partition coefficient (Wildman–Crippen LogP) is 4.45. The van der Waals surface area contributed by atoms with E-state index in [1.165, 1.54) is 23.5 Å². The van der Waals surface area contributed by atoms with Crippen molar-refractivity contribution in [2.24, 2.45) is 0 Å². The van der Waals surface area contributed by atoms with Gasteiger partial charge in [0.15, 0.2) is 4.96 Å². The van der Waals surface area contributed by atoms with Crippen LogP contribution < -0.4 is 10.1 Å². The third-order valence-corrected chi connectivity index (χ3v) is 5.71. The number of nitrogens with one attached hydrogen (secondary N) is 1. The van der Waals surface area contributed by atoms with Crippen molar-refractivity contribution in [2.45, 2.75) is 13.5 Å². The van der Waals surface area contributed by atoms with Crippen LogP contribution in [0, 0.1) is 12.7 Å². The number of rotatable bonds is 5. The molecule has 0 aliphatic carbocycles. The van der Waals surface area contributed by atoms with Crippen LogP contribution in [0.1, 0.15) is 20.9 Å². The molecule has 0 spiro atoms. The first-order valence-corrected chi connectivity index (χ1v) is 9.52. The number of ether oxygens (including phenoxy) is 1. The maximum Gasteiger partial charge on any atom is 0.251 e. The summed E-state index contributed by atoms with van der Waals surface area (Å²) >= 11 is 1.53. The van der Waals surface area contributed by atoms with Crippen molar-refractivity contribution < 1.29 is 13.9 Å². The van der Waals surface area contributed by atoms with Crippen LogP contribution in [0.2, 0.25) is 0 Å². The zero-order valence-electron chi connectivity index (χ0n) is 15.4. The zero-order valence-corrected chi connectivity index (χ0v) is 16.2. The molecule has 28 heavy (non-hydrogen) atoms. The first-order chi connectivity index (χ1) is 13.5. The molecule has 4 rings (SSSR count). The van der Waals surface area contributed by atoms with Gasteiger partial charge in [-0.25, -0.2) is 9.37 Å². The van der Waals surface area contributed by atoms with E-state index in [0.717, 1.165) is 26.8 Å². The highest BCUT2D eigenvalue weighted by Crippen LogP contribution is 2.27. The van der Waals surface area contributed by atoms with E-state index < -0.39 is 0 Å². The highest BCUT2D eigenvalue weighted by molar-refractivity contribution is 7.17. The largest absolute Gasteiger partial charge is 0.497 e. The highest BCUT2D eigenvalue weighted by atomic mass is 32.1. The van der Waals surface area contributed by atoms with Gasteiger partial charge in [-0.1, -0.05) is 11.3 Å². The van der Waals surface area contributed by atoms with Crippen LogP contribution in [0.5, 0.6) is 5.75 Å². The van der Waals surface area contributed by atoms with Crippen LogP contribution in [-0.2, 0) is 6.54 Å². The fourth-order valence-corrected chi connectivity index (χ4v) is 3.97. The Morgan fingerprint density at radius 3 is 2.54 bits per heavy atom. The number of hydrogen-bond acceptors (Lipinski definition) is 4. The van der Waals surface area contributed by atoms with Gasteiger partial charge in [0.1, 0.15) is 11.6 Å². The number of fused-ring (bicyclic) bond motifs is 1. The van der Waals surface area contributed by atoms with E-state index in [4.69, 9.17) is 4.74 Å².